The van der Waals surface area contributed by atoms with Gasteiger partial charge in [-0.25, -0.2) is 4.79 Å². The lowest BCUT2D eigenvalue weighted by molar-refractivity contribution is 0.0887. The summed E-state index contributed by atoms with van der Waals surface area (Å²) in [6, 6.07) is 10.9. The lowest BCUT2D eigenvalue weighted by atomic mass is 10.0. The highest BCUT2D eigenvalue weighted by atomic mass is 16.3. The van der Waals surface area contributed by atoms with Crippen molar-refractivity contribution in [3.63, 3.8) is 0 Å². The maximum absolute atomic E-state index is 11.9. The molecule has 0 radical (unpaired) electrons. The Kier molecular flexibility index (Phi) is 7.68. The van der Waals surface area contributed by atoms with Gasteiger partial charge in [-0.1, -0.05) is 30.3 Å². The smallest absolute Gasteiger partial charge is 0.317 e. The van der Waals surface area contributed by atoms with Crippen molar-refractivity contribution in [2.45, 2.75) is 25.5 Å². The summed E-state index contributed by atoms with van der Waals surface area (Å²) in [5, 5.41) is 12.3. The second-order valence-electron chi connectivity index (χ2n) is 7.04. The first kappa shape index (κ1) is 19.7. The second-order valence-corrected chi connectivity index (χ2v) is 7.04. The average molecular weight is 348 g/mol. The minimum absolute atomic E-state index is 0.126. The van der Waals surface area contributed by atoms with Gasteiger partial charge in [0.1, 0.15) is 0 Å². The number of amides is 2. The van der Waals surface area contributed by atoms with Crippen LogP contribution in [0.15, 0.2) is 30.3 Å². The number of hydrogen-bond acceptors (Lipinski definition) is 4. The van der Waals surface area contributed by atoms with Gasteiger partial charge in [-0.05, 0) is 26.0 Å². The minimum atomic E-state index is -0.507. The maximum atomic E-state index is 11.9. The number of aliphatic hydroxyl groups is 1. The normalized spacial score (nSPS) is 20.2. The first-order chi connectivity index (χ1) is 12.0. The molecular formula is C19H32N4O2. The molecule has 0 spiro atoms. The fourth-order valence-electron chi connectivity index (χ4n) is 3.31. The predicted molar refractivity (Wildman–Crippen MR) is 101 cm³/mol. The average Bonchev–Trinajstić information content (AvgIpc) is 2.59. The fraction of sp³-hybridized carbons (Fsp3) is 0.632. The van der Waals surface area contributed by atoms with Crippen LogP contribution in [0.25, 0.3) is 0 Å². The number of carbonyl (C=O) groups excluding carboxylic acids is 1. The van der Waals surface area contributed by atoms with E-state index in [0.717, 1.165) is 32.6 Å². The van der Waals surface area contributed by atoms with Crippen molar-refractivity contribution in [1.82, 2.24) is 20.0 Å². The van der Waals surface area contributed by atoms with E-state index in [-0.39, 0.29) is 6.03 Å². The van der Waals surface area contributed by atoms with Gasteiger partial charge < -0.3 is 20.2 Å². The number of benzene rings is 1. The molecule has 1 saturated heterocycles. The maximum Gasteiger partial charge on any atom is 0.317 e. The van der Waals surface area contributed by atoms with Gasteiger partial charge in [0.25, 0.3) is 0 Å². The largest absolute Gasteiger partial charge is 0.392 e. The van der Waals surface area contributed by atoms with E-state index in [1.165, 1.54) is 10.5 Å². The van der Waals surface area contributed by atoms with Crippen molar-refractivity contribution in [1.29, 1.82) is 0 Å². The third-order valence-corrected chi connectivity index (χ3v) is 4.66. The quantitative estimate of drug-likeness (QED) is 0.731. The summed E-state index contributed by atoms with van der Waals surface area (Å²) in [5.74, 6) is 0. The van der Waals surface area contributed by atoms with Gasteiger partial charge in [-0.3, -0.25) is 4.90 Å². The molecule has 1 fully saturated rings. The standard InChI is InChI=1S/C19H32N4O2/c1-16(24)14-22(3)19(25)20-10-7-11-23-13-12-21(2)15-18(23)17-8-5-4-6-9-17/h4-6,8-9,16,18,24H,7,10-15H2,1-3H3,(H,20,25). The van der Waals surface area contributed by atoms with E-state index in [1.807, 2.05) is 0 Å². The highest BCUT2D eigenvalue weighted by Gasteiger charge is 2.25. The molecule has 0 bridgehead atoms. The molecule has 1 heterocycles. The van der Waals surface area contributed by atoms with E-state index in [0.29, 0.717) is 19.1 Å². The summed E-state index contributed by atoms with van der Waals surface area (Å²) in [5.41, 5.74) is 1.36. The SMILES string of the molecule is CC(O)CN(C)C(=O)NCCCN1CCN(C)CC1c1ccccc1. The van der Waals surface area contributed by atoms with E-state index in [2.05, 4.69) is 52.5 Å². The molecule has 6 nitrogen and oxygen atoms in total. The molecule has 2 atom stereocenters. The van der Waals surface area contributed by atoms with Gasteiger partial charge in [0.2, 0.25) is 0 Å². The van der Waals surface area contributed by atoms with Crippen molar-refractivity contribution < 1.29 is 9.90 Å². The van der Waals surface area contributed by atoms with E-state index in [9.17, 15) is 9.90 Å². The predicted octanol–water partition coefficient (Wildman–Crippen LogP) is 1.39. The summed E-state index contributed by atoms with van der Waals surface area (Å²) >= 11 is 0. The summed E-state index contributed by atoms with van der Waals surface area (Å²) in [4.78, 5) is 18.4. The topological polar surface area (TPSA) is 59.1 Å². The van der Waals surface area contributed by atoms with Crippen LogP contribution in [-0.2, 0) is 0 Å². The van der Waals surface area contributed by atoms with Crippen LogP contribution in [0.5, 0.6) is 0 Å². The molecule has 1 aromatic rings. The Labute approximate surface area is 151 Å². The summed E-state index contributed by atoms with van der Waals surface area (Å²) in [6.07, 6.45) is 0.411. The van der Waals surface area contributed by atoms with Gasteiger partial charge in [0.05, 0.1) is 6.10 Å². The van der Waals surface area contributed by atoms with E-state index in [1.54, 1.807) is 14.0 Å². The molecule has 0 aliphatic carbocycles. The zero-order chi connectivity index (χ0) is 18.2. The van der Waals surface area contributed by atoms with E-state index >= 15 is 0 Å². The van der Waals surface area contributed by atoms with Crippen LogP contribution in [0.1, 0.15) is 24.9 Å². The van der Waals surface area contributed by atoms with Crippen LogP contribution in [0.3, 0.4) is 0 Å². The summed E-state index contributed by atoms with van der Waals surface area (Å²) in [7, 11) is 3.87. The zero-order valence-electron chi connectivity index (χ0n) is 15.7. The Morgan fingerprint density at radius 2 is 2.08 bits per heavy atom. The molecule has 25 heavy (non-hydrogen) atoms. The molecule has 2 amide bonds. The zero-order valence-corrected chi connectivity index (χ0v) is 15.7. The number of carbonyl (C=O) groups is 1. The van der Waals surface area contributed by atoms with Crippen LogP contribution in [0, 0.1) is 0 Å². The van der Waals surface area contributed by atoms with Crippen molar-refractivity contribution in [2.75, 3.05) is 53.4 Å². The van der Waals surface area contributed by atoms with Crippen molar-refractivity contribution >= 4 is 6.03 Å². The lowest BCUT2D eigenvalue weighted by Crippen LogP contribution is -2.47. The molecule has 140 valence electrons. The fourth-order valence-corrected chi connectivity index (χ4v) is 3.31. The van der Waals surface area contributed by atoms with Crippen LogP contribution in [-0.4, -0.2) is 85.3 Å². The number of urea groups is 1. The highest BCUT2D eigenvalue weighted by Crippen LogP contribution is 2.24. The number of piperazine rings is 1. The molecule has 6 heteroatoms. The van der Waals surface area contributed by atoms with E-state index in [4.69, 9.17) is 0 Å². The minimum Gasteiger partial charge on any atom is -0.392 e. The molecule has 2 N–H and O–H groups in total. The van der Waals surface area contributed by atoms with Crippen molar-refractivity contribution in [3.8, 4) is 0 Å². The number of rotatable bonds is 7. The van der Waals surface area contributed by atoms with Gasteiger partial charge in [-0.15, -0.1) is 0 Å². The second kappa shape index (κ2) is 9.75. The van der Waals surface area contributed by atoms with Crippen LogP contribution in [0.4, 0.5) is 4.79 Å². The molecular weight excluding hydrogens is 316 g/mol. The van der Waals surface area contributed by atoms with Crippen LogP contribution in [0.2, 0.25) is 0 Å². The molecule has 1 aliphatic rings. The Bertz CT molecular complexity index is 523. The first-order valence-corrected chi connectivity index (χ1v) is 9.12. The first-order valence-electron chi connectivity index (χ1n) is 9.12. The molecule has 2 unspecified atom stereocenters. The van der Waals surface area contributed by atoms with Gasteiger partial charge in [0, 0.05) is 52.4 Å². The number of hydrogen-bond donors (Lipinski definition) is 2. The van der Waals surface area contributed by atoms with Gasteiger partial charge in [-0.2, -0.15) is 0 Å². The van der Waals surface area contributed by atoms with E-state index < -0.39 is 6.10 Å². The highest BCUT2D eigenvalue weighted by molar-refractivity contribution is 5.73. The van der Waals surface area contributed by atoms with Crippen LogP contribution >= 0.6 is 0 Å². The summed E-state index contributed by atoms with van der Waals surface area (Å²) < 4.78 is 0. The Balaban J connectivity index is 1.79. The lowest BCUT2D eigenvalue weighted by Gasteiger charge is -2.40. The number of nitrogens with zero attached hydrogens (tertiary/aromatic N) is 3. The van der Waals surface area contributed by atoms with Gasteiger partial charge >= 0.3 is 6.03 Å². The number of nitrogens with one attached hydrogen (secondary N) is 1. The Morgan fingerprint density at radius 3 is 2.76 bits per heavy atom. The number of likely N-dealkylation sites (N-methyl/N-ethyl adjacent to an activating group) is 2. The molecule has 1 aromatic carbocycles. The summed E-state index contributed by atoms with van der Waals surface area (Å²) in [6.45, 7) is 6.80. The Morgan fingerprint density at radius 1 is 1.36 bits per heavy atom. The molecule has 0 saturated carbocycles. The monoisotopic (exact) mass is 348 g/mol. The molecule has 0 aromatic heterocycles. The van der Waals surface area contributed by atoms with Gasteiger partial charge in [0.15, 0.2) is 0 Å². The molecule has 1 aliphatic heterocycles. The number of aliphatic hydroxyl groups excluding tert-OH is 1. The molecule has 2 rings (SSSR count). The third-order valence-electron chi connectivity index (χ3n) is 4.66. The van der Waals surface area contributed by atoms with Crippen LogP contribution < -0.4 is 5.32 Å². The third kappa shape index (κ3) is 6.30. The van der Waals surface area contributed by atoms with Crippen molar-refractivity contribution in [2.24, 2.45) is 0 Å². The van der Waals surface area contributed by atoms with Crippen molar-refractivity contribution in [3.05, 3.63) is 35.9 Å². The Hall–Kier alpha value is -1.63.